The minimum Gasteiger partial charge on any atom is -0.491 e. The van der Waals surface area contributed by atoms with Crippen molar-refractivity contribution in [3.05, 3.63) is 54.1 Å². The quantitative estimate of drug-likeness (QED) is 0.635. The molecular weight excluding hydrogens is 336 g/mol. The second-order valence-corrected chi connectivity index (χ2v) is 5.67. The molecule has 2 aromatic carbocycles. The van der Waals surface area contributed by atoms with Crippen molar-refractivity contribution in [2.45, 2.75) is 20.0 Å². The topological polar surface area (TPSA) is 93.7 Å². The lowest BCUT2D eigenvalue weighted by Crippen LogP contribution is -2.29. The number of carbonyl (C=O) groups is 3. The molecule has 2 N–H and O–H groups in total. The first-order valence-corrected chi connectivity index (χ1v) is 7.96. The Morgan fingerprint density at radius 1 is 0.885 bits per heavy atom. The second kappa shape index (κ2) is 8.66. The molecule has 0 atom stereocenters. The average molecular weight is 356 g/mol. The Bertz CT molecular complexity index is 800. The molecule has 0 saturated carbocycles. The van der Waals surface area contributed by atoms with E-state index in [1.165, 1.54) is 13.2 Å². The minimum atomic E-state index is -0.852. The zero-order chi connectivity index (χ0) is 19.1. The fraction of sp³-hybridized carbons (Fsp3) is 0.211. The van der Waals surface area contributed by atoms with Gasteiger partial charge in [0.05, 0.1) is 18.8 Å². The number of benzene rings is 2. The Hall–Kier alpha value is -3.35. The van der Waals surface area contributed by atoms with E-state index in [9.17, 15) is 14.4 Å². The maximum absolute atomic E-state index is 12.0. The molecule has 0 spiro atoms. The van der Waals surface area contributed by atoms with Crippen LogP contribution < -0.4 is 15.4 Å². The van der Waals surface area contributed by atoms with Crippen molar-refractivity contribution in [2.75, 3.05) is 17.7 Å². The molecule has 0 unspecified atom stereocenters. The summed E-state index contributed by atoms with van der Waals surface area (Å²) in [6, 6.07) is 12.8. The van der Waals surface area contributed by atoms with Crippen LogP contribution in [0.1, 0.15) is 24.2 Å². The van der Waals surface area contributed by atoms with Gasteiger partial charge in [-0.25, -0.2) is 4.79 Å². The number of anilines is 2. The van der Waals surface area contributed by atoms with E-state index in [1.54, 1.807) is 42.5 Å². The number of amides is 2. The van der Waals surface area contributed by atoms with Crippen LogP contribution in [0.15, 0.2) is 48.5 Å². The molecular formula is C19H20N2O5. The molecule has 0 aliphatic heterocycles. The Morgan fingerprint density at radius 3 is 2.08 bits per heavy atom. The SMILES string of the molecule is COC(=O)c1cccc(NC(=O)C(=O)Nc2ccc(OC(C)C)cc2)c1. The van der Waals surface area contributed by atoms with Crippen LogP contribution in [0.3, 0.4) is 0 Å². The summed E-state index contributed by atoms with van der Waals surface area (Å²) >= 11 is 0. The van der Waals surface area contributed by atoms with Gasteiger partial charge in [-0.1, -0.05) is 6.07 Å². The highest BCUT2D eigenvalue weighted by Gasteiger charge is 2.15. The Morgan fingerprint density at radius 2 is 1.50 bits per heavy atom. The maximum Gasteiger partial charge on any atom is 0.337 e. The van der Waals surface area contributed by atoms with Gasteiger partial charge in [0.2, 0.25) is 0 Å². The third-order valence-corrected chi connectivity index (χ3v) is 3.23. The molecule has 7 nitrogen and oxygen atoms in total. The number of ether oxygens (including phenoxy) is 2. The molecule has 7 heteroatoms. The van der Waals surface area contributed by atoms with E-state index in [0.29, 0.717) is 17.1 Å². The monoisotopic (exact) mass is 356 g/mol. The molecule has 0 aromatic heterocycles. The number of carbonyl (C=O) groups excluding carboxylic acids is 3. The van der Waals surface area contributed by atoms with Crippen molar-refractivity contribution < 1.29 is 23.9 Å². The third-order valence-electron chi connectivity index (χ3n) is 3.23. The van der Waals surface area contributed by atoms with Crippen LogP contribution in [0.5, 0.6) is 5.75 Å². The van der Waals surface area contributed by atoms with Crippen LogP contribution in [0.2, 0.25) is 0 Å². The first kappa shape index (κ1) is 19.0. The van der Waals surface area contributed by atoms with Gasteiger partial charge in [-0.3, -0.25) is 9.59 Å². The average Bonchev–Trinajstić information content (AvgIpc) is 2.62. The van der Waals surface area contributed by atoms with Gasteiger partial charge in [0, 0.05) is 11.4 Å². The second-order valence-electron chi connectivity index (χ2n) is 5.67. The number of hydrogen-bond donors (Lipinski definition) is 2. The molecule has 0 aliphatic carbocycles. The number of methoxy groups -OCH3 is 1. The zero-order valence-electron chi connectivity index (χ0n) is 14.7. The van der Waals surface area contributed by atoms with E-state index < -0.39 is 17.8 Å². The summed E-state index contributed by atoms with van der Waals surface area (Å²) in [6.07, 6.45) is 0.0435. The van der Waals surface area contributed by atoms with E-state index in [-0.39, 0.29) is 11.7 Å². The van der Waals surface area contributed by atoms with Crippen molar-refractivity contribution in [3.63, 3.8) is 0 Å². The van der Waals surface area contributed by atoms with Crippen LogP contribution in [0.4, 0.5) is 11.4 Å². The summed E-state index contributed by atoms with van der Waals surface area (Å²) in [5.74, 6) is -1.54. The summed E-state index contributed by atoms with van der Waals surface area (Å²) in [5, 5.41) is 4.93. The zero-order valence-corrected chi connectivity index (χ0v) is 14.7. The number of hydrogen-bond acceptors (Lipinski definition) is 5. The molecule has 26 heavy (non-hydrogen) atoms. The Kier molecular flexibility index (Phi) is 6.32. The summed E-state index contributed by atoms with van der Waals surface area (Å²) in [6.45, 7) is 3.82. The van der Waals surface area contributed by atoms with Gasteiger partial charge in [0.15, 0.2) is 0 Å². The van der Waals surface area contributed by atoms with Gasteiger partial charge in [-0.15, -0.1) is 0 Å². The molecule has 2 aromatic rings. The summed E-state index contributed by atoms with van der Waals surface area (Å²) in [5.41, 5.74) is 1.05. The molecule has 2 rings (SSSR count). The summed E-state index contributed by atoms with van der Waals surface area (Å²) in [4.78, 5) is 35.5. The Labute approximate surface area is 151 Å². The lowest BCUT2D eigenvalue weighted by atomic mass is 10.2. The lowest BCUT2D eigenvalue weighted by molar-refractivity contribution is -0.132. The van der Waals surface area contributed by atoms with Gasteiger partial charge in [0.1, 0.15) is 5.75 Å². The summed E-state index contributed by atoms with van der Waals surface area (Å²) in [7, 11) is 1.26. The van der Waals surface area contributed by atoms with Crippen molar-refractivity contribution in [3.8, 4) is 5.75 Å². The predicted molar refractivity (Wildman–Crippen MR) is 97.2 cm³/mol. The number of nitrogens with one attached hydrogen (secondary N) is 2. The highest BCUT2D eigenvalue weighted by Crippen LogP contribution is 2.17. The van der Waals surface area contributed by atoms with Gasteiger partial charge >= 0.3 is 17.8 Å². The van der Waals surface area contributed by atoms with E-state index in [0.717, 1.165) is 0 Å². The fourth-order valence-corrected chi connectivity index (χ4v) is 2.11. The van der Waals surface area contributed by atoms with E-state index in [1.807, 2.05) is 13.8 Å². The van der Waals surface area contributed by atoms with Crippen LogP contribution in [-0.2, 0) is 14.3 Å². The largest absolute Gasteiger partial charge is 0.491 e. The van der Waals surface area contributed by atoms with Gasteiger partial charge in [-0.2, -0.15) is 0 Å². The van der Waals surface area contributed by atoms with Crippen molar-refractivity contribution >= 4 is 29.2 Å². The first-order valence-electron chi connectivity index (χ1n) is 7.96. The normalized spacial score (nSPS) is 10.2. The maximum atomic E-state index is 12.0. The van der Waals surface area contributed by atoms with Crippen molar-refractivity contribution in [1.82, 2.24) is 0 Å². The summed E-state index contributed by atoms with van der Waals surface area (Å²) < 4.78 is 10.1. The predicted octanol–water partition coefficient (Wildman–Crippen LogP) is 2.84. The fourth-order valence-electron chi connectivity index (χ4n) is 2.11. The number of esters is 1. The van der Waals surface area contributed by atoms with Crippen LogP contribution >= 0.6 is 0 Å². The molecule has 0 saturated heterocycles. The molecule has 2 amide bonds. The van der Waals surface area contributed by atoms with Crippen molar-refractivity contribution in [1.29, 1.82) is 0 Å². The standard InChI is InChI=1S/C19H20N2O5/c1-12(2)26-16-9-7-14(8-10-16)20-17(22)18(23)21-15-6-4-5-13(11-15)19(24)25-3/h4-12H,1-3H3,(H,20,22)(H,21,23). The molecule has 0 radical (unpaired) electrons. The molecule has 0 aliphatic rings. The first-order chi connectivity index (χ1) is 12.4. The Balaban J connectivity index is 1.97. The number of rotatable bonds is 5. The van der Waals surface area contributed by atoms with Crippen molar-refractivity contribution in [2.24, 2.45) is 0 Å². The van der Waals surface area contributed by atoms with E-state index >= 15 is 0 Å². The van der Waals surface area contributed by atoms with Crippen LogP contribution in [0, 0.1) is 0 Å². The highest BCUT2D eigenvalue weighted by atomic mass is 16.5. The minimum absolute atomic E-state index is 0.0435. The molecule has 0 heterocycles. The van der Waals surface area contributed by atoms with Gasteiger partial charge in [0.25, 0.3) is 0 Å². The molecule has 136 valence electrons. The van der Waals surface area contributed by atoms with E-state index in [2.05, 4.69) is 15.4 Å². The van der Waals surface area contributed by atoms with Gasteiger partial charge < -0.3 is 20.1 Å². The lowest BCUT2D eigenvalue weighted by Gasteiger charge is -2.11. The molecule has 0 fully saturated rings. The van der Waals surface area contributed by atoms with Crippen LogP contribution in [0.25, 0.3) is 0 Å². The van der Waals surface area contributed by atoms with Gasteiger partial charge in [-0.05, 0) is 56.3 Å². The van der Waals surface area contributed by atoms with Crippen LogP contribution in [-0.4, -0.2) is 31.0 Å². The molecule has 0 bridgehead atoms. The highest BCUT2D eigenvalue weighted by molar-refractivity contribution is 6.43. The van der Waals surface area contributed by atoms with E-state index in [4.69, 9.17) is 4.74 Å². The smallest absolute Gasteiger partial charge is 0.337 e. The third kappa shape index (κ3) is 5.34.